The fourth-order valence-corrected chi connectivity index (χ4v) is 4.01. The molecule has 0 saturated carbocycles. The second-order valence-corrected chi connectivity index (χ2v) is 7.96. The fraction of sp³-hybridized carbons (Fsp3) is 0.318. The summed E-state index contributed by atoms with van der Waals surface area (Å²) in [5.74, 6) is 2.46. The molecule has 0 radical (unpaired) electrons. The van der Waals surface area contributed by atoms with Crippen molar-refractivity contribution in [3.8, 4) is 0 Å². The van der Waals surface area contributed by atoms with Crippen LogP contribution in [0.15, 0.2) is 48.9 Å². The van der Waals surface area contributed by atoms with Crippen LogP contribution in [0.5, 0.6) is 0 Å². The molecule has 160 valence electrons. The second-order valence-electron chi connectivity index (χ2n) is 7.96. The average molecular weight is 419 g/mol. The molecule has 3 aromatic rings. The number of anilines is 2. The summed E-state index contributed by atoms with van der Waals surface area (Å²) in [6.45, 7) is 4.46. The van der Waals surface area contributed by atoms with Gasteiger partial charge in [-0.3, -0.25) is 14.5 Å². The van der Waals surface area contributed by atoms with Gasteiger partial charge in [0.25, 0.3) is 5.91 Å². The molecule has 1 saturated heterocycles. The van der Waals surface area contributed by atoms with Crippen LogP contribution in [-0.2, 0) is 6.54 Å². The molecule has 0 atom stereocenters. The number of fused-ring (bicyclic) bond motifs is 1. The van der Waals surface area contributed by atoms with Crippen LogP contribution in [0.2, 0.25) is 0 Å². The molecule has 4 N–H and O–H groups in total. The maximum Gasteiger partial charge on any atom is 0.251 e. The number of H-pyrrole nitrogens is 1. The van der Waals surface area contributed by atoms with Crippen LogP contribution in [0.3, 0.4) is 0 Å². The van der Waals surface area contributed by atoms with Crippen LogP contribution in [0.1, 0.15) is 34.7 Å². The number of rotatable bonds is 5. The number of hydrogen-bond acceptors (Lipinski definition) is 6. The maximum absolute atomic E-state index is 12.8. The minimum Gasteiger partial charge on any atom is -0.349 e. The Hall–Kier alpha value is -3.59. The Morgan fingerprint density at radius 3 is 2.90 bits per heavy atom. The van der Waals surface area contributed by atoms with Crippen LogP contribution in [0.25, 0.3) is 5.82 Å². The Balaban J connectivity index is 1.38. The van der Waals surface area contributed by atoms with Gasteiger partial charge in [-0.05, 0) is 51.1 Å². The van der Waals surface area contributed by atoms with Crippen molar-refractivity contribution in [3.05, 3.63) is 66.0 Å². The van der Waals surface area contributed by atoms with Crippen molar-refractivity contribution < 1.29 is 4.79 Å². The Labute approximate surface area is 180 Å². The zero-order valence-corrected chi connectivity index (χ0v) is 17.4. The number of piperidine rings is 1. The molecular formula is C22H26N8O. The number of carbonyl (C=O) groups is 1. The van der Waals surface area contributed by atoms with Crippen molar-refractivity contribution in [3.63, 3.8) is 0 Å². The van der Waals surface area contributed by atoms with Gasteiger partial charge in [0, 0.05) is 47.6 Å². The SMILES string of the molecule is Cc1cc(NC2=CN(c3cccc(C(=O)NC4CCNCC4)c3)Cc3nccn32)n[nH]1. The molecule has 2 aliphatic rings. The number of aryl methyl sites for hydroxylation is 1. The zero-order valence-electron chi connectivity index (χ0n) is 17.4. The van der Waals surface area contributed by atoms with E-state index in [9.17, 15) is 4.79 Å². The van der Waals surface area contributed by atoms with Gasteiger partial charge in [-0.25, -0.2) is 4.98 Å². The number of amides is 1. The molecule has 0 aliphatic carbocycles. The van der Waals surface area contributed by atoms with Crippen molar-refractivity contribution >= 4 is 23.2 Å². The minimum atomic E-state index is -0.0263. The zero-order chi connectivity index (χ0) is 21.2. The summed E-state index contributed by atoms with van der Waals surface area (Å²) in [5.41, 5.74) is 2.58. The molecule has 0 bridgehead atoms. The third-order valence-corrected chi connectivity index (χ3v) is 5.64. The molecule has 9 heteroatoms. The highest BCUT2D eigenvalue weighted by Crippen LogP contribution is 2.26. The first-order valence-electron chi connectivity index (χ1n) is 10.6. The number of nitrogens with zero attached hydrogens (tertiary/aromatic N) is 4. The number of imidazole rings is 1. The highest BCUT2D eigenvalue weighted by atomic mass is 16.1. The number of hydrogen-bond donors (Lipinski definition) is 4. The predicted octanol–water partition coefficient (Wildman–Crippen LogP) is 2.28. The molecule has 1 amide bonds. The number of nitrogens with one attached hydrogen (secondary N) is 4. The highest BCUT2D eigenvalue weighted by Gasteiger charge is 2.21. The lowest BCUT2D eigenvalue weighted by molar-refractivity contribution is 0.0929. The van der Waals surface area contributed by atoms with Crippen molar-refractivity contribution in [1.82, 2.24) is 30.4 Å². The van der Waals surface area contributed by atoms with Crippen LogP contribution in [0.4, 0.5) is 11.5 Å². The fourth-order valence-electron chi connectivity index (χ4n) is 4.01. The molecule has 0 unspecified atom stereocenters. The monoisotopic (exact) mass is 418 g/mol. The second kappa shape index (κ2) is 8.27. The van der Waals surface area contributed by atoms with E-state index < -0.39 is 0 Å². The van der Waals surface area contributed by atoms with E-state index in [0.29, 0.717) is 12.1 Å². The number of aromatic amines is 1. The van der Waals surface area contributed by atoms with E-state index >= 15 is 0 Å². The Morgan fingerprint density at radius 2 is 2.10 bits per heavy atom. The topological polar surface area (TPSA) is 103 Å². The summed E-state index contributed by atoms with van der Waals surface area (Å²) >= 11 is 0. The van der Waals surface area contributed by atoms with Crippen LogP contribution < -0.4 is 20.9 Å². The third kappa shape index (κ3) is 4.17. The average Bonchev–Trinajstić information content (AvgIpc) is 3.43. The van der Waals surface area contributed by atoms with Gasteiger partial charge in [0.15, 0.2) is 5.82 Å². The van der Waals surface area contributed by atoms with Gasteiger partial charge in [0.05, 0.1) is 6.54 Å². The first-order valence-corrected chi connectivity index (χ1v) is 10.6. The van der Waals surface area contributed by atoms with E-state index in [2.05, 4.69) is 36.0 Å². The summed E-state index contributed by atoms with van der Waals surface area (Å²) in [7, 11) is 0. The summed E-state index contributed by atoms with van der Waals surface area (Å²) < 4.78 is 2.01. The predicted molar refractivity (Wildman–Crippen MR) is 119 cm³/mol. The molecule has 9 nitrogen and oxygen atoms in total. The smallest absolute Gasteiger partial charge is 0.251 e. The number of carbonyl (C=O) groups excluding carboxylic acids is 1. The van der Waals surface area contributed by atoms with Gasteiger partial charge in [-0.2, -0.15) is 5.10 Å². The van der Waals surface area contributed by atoms with E-state index in [1.54, 1.807) is 6.20 Å². The van der Waals surface area contributed by atoms with Crippen molar-refractivity contribution in [1.29, 1.82) is 0 Å². The van der Waals surface area contributed by atoms with E-state index in [-0.39, 0.29) is 11.9 Å². The summed E-state index contributed by atoms with van der Waals surface area (Å²) in [6, 6.07) is 9.90. The van der Waals surface area contributed by atoms with Crippen LogP contribution in [0, 0.1) is 6.92 Å². The largest absolute Gasteiger partial charge is 0.349 e. The van der Waals surface area contributed by atoms with E-state index in [0.717, 1.165) is 54.8 Å². The Morgan fingerprint density at radius 1 is 1.23 bits per heavy atom. The molecule has 5 rings (SSSR count). The van der Waals surface area contributed by atoms with E-state index in [1.165, 1.54) is 0 Å². The molecule has 31 heavy (non-hydrogen) atoms. The molecule has 2 aromatic heterocycles. The van der Waals surface area contributed by atoms with Gasteiger partial charge in [-0.15, -0.1) is 0 Å². The van der Waals surface area contributed by atoms with E-state index in [1.807, 2.05) is 54.2 Å². The van der Waals surface area contributed by atoms with Gasteiger partial charge in [0.1, 0.15) is 11.6 Å². The Bertz CT molecular complexity index is 1110. The number of aromatic nitrogens is 4. The normalized spacial score (nSPS) is 16.5. The van der Waals surface area contributed by atoms with E-state index in [4.69, 9.17) is 0 Å². The molecule has 2 aliphatic heterocycles. The summed E-state index contributed by atoms with van der Waals surface area (Å²) in [4.78, 5) is 19.4. The molecule has 1 fully saturated rings. The van der Waals surface area contributed by atoms with Crippen LogP contribution in [-0.4, -0.2) is 44.8 Å². The quantitative estimate of drug-likeness (QED) is 0.507. The highest BCUT2D eigenvalue weighted by molar-refractivity contribution is 5.95. The first-order chi connectivity index (χ1) is 15.2. The molecule has 4 heterocycles. The molecule has 1 aromatic carbocycles. The standard InChI is InChI=1S/C22H26N8O/c1-15-11-19(28-27-15)26-21-14-29(13-20-24-9-10-30(20)21)18-4-2-3-16(12-18)22(31)25-17-5-7-23-8-6-17/h2-4,9-12,14,17,23H,5-8,13H2,1H3,(H,25,31)(H2,26,27,28). The van der Waals surface area contributed by atoms with Crippen molar-refractivity contribution in [2.75, 3.05) is 23.3 Å². The molecular weight excluding hydrogens is 392 g/mol. The van der Waals surface area contributed by atoms with Gasteiger partial charge in [0.2, 0.25) is 0 Å². The van der Waals surface area contributed by atoms with Crippen molar-refractivity contribution in [2.24, 2.45) is 0 Å². The third-order valence-electron chi connectivity index (χ3n) is 5.64. The summed E-state index contributed by atoms with van der Waals surface area (Å²) in [6.07, 6.45) is 7.65. The lowest BCUT2D eigenvalue weighted by Gasteiger charge is -2.28. The Kier molecular flexibility index (Phi) is 5.17. The summed E-state index contributed by atoms with van der Waals surface area (Å²) in [5, 5.41) is 17.1. The van der Waals surface area contributed by atoms with Gasteiger partial charge >= 0.3 is 0 Å². The first kappa shape index (κ1) is 19.4. The maximum atomic E-state index is 12.8. The minimum absolute atomic E-state index is 0.0263. The molecule has 0 spiro atoms. The van der Waals surface area contributed by atoms with Gasteiger partial charge in [-0.1, -0.05) is 6.07 Å². The number of benzene rings is 1. The van der Waals surface area contributed by atoms with Crippen LogP contribution >= 0.6 is 0 Å². The lowest BCUT2D eigenvalue weighted by atomic mass is 10.1. The van der Waals surface area contributed by atoms with Gasteiger partial charge < -0.3 is 20.9 Å². The van der Waals surface area contributed by atoms with Crippen molar-refractivity contribution in [2.45, 2.75) is 32.4 Å². The lowest BCUT2D eigenvalue weighted by Crippen LogP contribution is -2.42.